The van der Waals surface area contributed by atoms with Crippen LogP contribution in [0.1, 0.15) is 4.88 Å². The Morgan fingerprint density at radius 3 is 2.56 bits per heavy atom. The summed E-state index contributed by atoms with van der Waals surface area (Å²) in [4.78, 5) is 12.5. The van der Waals surface area contributed by atoms with Gasteiger partial charge in [-0.05, 0) is 23.8 Å². The number of hydrogen-bond acceptors (Lipinski definition) is 3. The van der Waals surface area contributed by atoms with Crippen molar-refractivity contribution in [3.63, 3.8) is 0 Å². The molecule has 1 aromatic heterocycles. The molecular formula is C14H9NO2S. The zero-order chi connectivity index (χ0) is 13.0. The minimum Gasteiger partial charge on any atom is -0.477 e. The van der Waals surface area contributed by atoms with E-state index in [-0.39, 0.29) is 5.57 Å². The predicted molar refractivity (Wildman–Crippen MR) is 71.0 cm³/mol. The van der Waals surface area contributed by atoms with Crippen molar-refractivity contribution in [2.75, 3.05) is 0 Å². The summed E-state index contributed by atoms with van der Waals surface area (Å²) in [6.07, 6.45) is 1.39. The van der Waals surface area contributed by atoms with Crippen LogP contribution in [0.15, 0.2) is 48.0 Å². The van der Waals surface area contributed by atoms with Gasteiger partial charge < -0.3 is 5.11 Å². The molecule has 0 saturated heterocycles. The fourth-order valence-corrected chi connectivity index (χ4v) is 2.43. The first-order chi connectivity index (χ1) is 8.70. The van der Waals surface area contributed by atoms with Crippen LogP contribution in [0, 0.1) is 11.3 Å². The van der Waals surface area contributed by atoms with Crippen LogP contribution in [-0.2, 0) is 4.79 Å². The summed E-state index contributed by atoms with van der Waals surface area (Å²) in [5, 5.41) is 17.5. The summed E-state index contributed by atoms with van der Waals surface area (Å²) in [5.41, 5.74) is 0.826. The van der Waals surface area contributed by atoms with E-state index in [0.717, 1.165) is 15.3 Å². The number of carbonyl (C=O) groups is 1. The van der Waals surface area contributed by atoms with Gasteiger partial charge in [-0.15, -0.1) is 11.3 Å². The van der Waals surface area contributed by atoms with E-state index in [1.807, 2.05) is 42.5 Å². The Hall–Kier alpha value is -2.38. The second-order valence-electron chi connectivity index (χ2n) is 3.54. The monoisotopic (exact) mass is 255 g/mol. The number of nitriles is 1. The number of aliphatic carboxylic acids is 1. The molecule has 4 heteroatoms. The van der Waals surface area contributed by atoms with E-state index in [1.165, 1.54) is 17.4 Å². The van der Waals surface area contributed by atoms with Crippen LogP contribution in [0.5, 0.6) is 0 Å². The van der Waals surface area contributed by atoms with E-state index < -0.39 is 5.97 Å². The molecule has 3 nitrogen and oxygen atoms in total. The van der Waals surface area contributed by atoms with Gasteiger partial charge in [0.15, 0.2) is 0 Å². The number of carboxylic acids is 1. The van der Waals surface area contributed by atoms with Gasteiger partial charge in [0.05, 0.1) is 0 Å². The summed E-state index contributed by atoms with van der Waals surface area (Å²) < 4.78 is 0. The molecule has 0 unspecified atom stereocenters. The molecule has 0 spiro atoms. The van der Waals surface area contributed by atoms with Crippen molar-refractivity contribution in [1.82, 2.24) is 0 Å². The summed E-state index contributed by atoms with van der Waals surface area (Å²) in [7, 11) is 0. The molecule has 2 rings (SSSR count). The number of carboxylic acid groups (broad SMARTS) is 1. The molecule has 0 bridgehead atoms. The topological polar surface area (TPSA) is 61.1 Å². The highest BCUT2D eigenvalue weighted by Gasteiger charge is 2.07. The molecule has 88 valence electrons. The molecule has 2 aromatic rings. The van der Waals surface area contributed by atoms with Crippen LogP contribution >= 0.6 is 11.3 Å². The molecule has 0 saturated carbocycles. The minimum absolute atomic E-state index is 0.253. The van der Waals surface area contributed by atoms with E-state index >= 15 is 0 Å². The van der Waals surface area contributed by atoms with Crippen molar-refractivity contribution in [3.05, 3.63) is 52.9 Å². The fourth-order valence-electron chi connectivity index (χ4n) is 1.47. The number of thiophene rings is 1. The molecule has 0 radical (unpaired) electrons. The Bertz CT molecular complexity index is 635. The molecule has 1 aromatic carbocycles. The van der Waals surface area contributed by atoms with Gasteiger partial charge in [0.25, 0.3) is 0 Å². The van der Waals surface area contributed by atoms with Gasteiger partial charge in [-0.1, -0.05) is 30.3 Å². The van der Waals surface area contributed by atoms with Crippen molar-refractivity contribution >= 4 is 23.4 Å². The van der Waals surface area contributed by atoms with Crippen molar-refractivity contribution in [3.8, 4) is 16.5 Å². The molecule has 0 aliphatic carbocycles. The first kappa shape index (κ1) is 12.1. The van der Waals surface area contributed by atoms with E-state index in [4.69, 9.17) is 10.4 Å². The Kier molecular flexibility index (Phi) is 3.56. The highest BCUT2D eigenvalue weighted by molar-refractivity contribution is 7.16. The lowest BCUT2D eigenvalue weighted by Gasteiger charge is -1.94. The van der Waals surface area contributed by atoms with Crippen LogP contribution < -0.4 is 0 Å². The second-order valence-corrected chi connectivity index (χ2v) is 4.66. The molecule has 0 amide bonds. The highest BCUT2D eigenvalue weighted by atomic mass is 32.1. The van der Waals surface area contributed by atoms with E-state index in [1.54, 1.807) is 6.07 Å². The first-order valence-electron chi connectivity index (χ1n) is 5.21. The van der Waals surface area contributed by atoms with E-state index in [2.05, 4.69) is 0 Å². The maximum Gasteiger partial charge on any atom is 0.346 e. The third kappa shape index (κ3) is 2.65. The van der Waals surface area contributed by atoms with Crippen LogP contribution in [0.3, 0.4) is 0 Å². The summed E-state index contributed by atoms with van der Waals surface area (Å²) >= 11 is 1.46. The Balaban J connectivity index is 2.33. The molecule has 0 aliphatic heterocycles. The third-order valence-electron chi connectivity index (χ3n) is 2.32. The van der Waals surface area contributed by atoms with Crippen LogP contribution in [-0.4, -0.2) is 11.1 Å². The maximum atomic E-state index is 10.7. The summed E-state index contributed by atoms with van der Waals surface area (Å²) in [6, 6.07) is 15.2. The van der Waals surface area contributed by atoms with Gasteiger partial charge in [0, 0.05) is 9.75 Å². The maximum absolute atomic E-state index is 10.7. The van der Waals surface area contributed by atoms with Crippen LogP contribution in [0.25, 0.3) is 16.5 Å². The van der Waals surface area contributed by atoms with Crippen molar-refractivity contribution in [2.24, 2.45) is 0 Å². The fraction of sp³-hybridized carbons (Fsp3) is 0. The summed E-state index contributed by atoms with van der Waals surface area (Å²) in [5.74, 6) is -1.20. The van der Waals surface area contributed by atoms with Crippen molar-refractivity contribution in [2.45, 2.75) is 0 Å². The standard InChI is InChI=1S/C14H9NO2S/c15-9-11(14(16)17)8-12-6-7-13(18-12)10-4-2-1-3-5-10/h1-8H,(H,16,17)/b11-8-. The number of hydrogen-bond donors (Lipinski definition) is 1. The van der Waals surface area contributed by atoms with Gasteiger partial charge in [0.1, 0.15) is 11.6 Å². The Labute approximate surface area is 108 Å². The van der Waals surface area contributed by atoms with E-state index in [9.17, 15) is 4.79 Å². The lowest BCUT2D eigenvalue weighted by atomic mass is 10.2. The summed E-state index contributed by atoms with van der Waals surface area (Å²) in [6.45, 7) is 0. The second kappa shape index (κ2) is 5.30. The van der Waals surface area contributed by atoms with Gasteiger partial charge in [-0.25, -0.2) is 4.79 Å². The average molecular weight is 255 g/mol. The molecular weight excluding hydrogens is 246 g/mol. The van der Waals surface area contributed by atoms with Crippen LogP contribution in [0.2, 0.25) is 0 Å². The van der Waals surface area contributed by atoms with E-state index in [0.29, 0.717) is 0 Å². The van der Waals surface area contributed by atoms with Gasteiger partial charge in [-0.3, -0.25) is 0 Å². The third-order valence-corrected chi connectivity index (χ3v) is 3.40. The Morgan fingerprint density at radius 1 is 1.22 bits per heavy atom. The van der Waals surface area contributed by atoms with Gasteiger partial charge >= 0.3 is 5.97 Å². The van der Waals surface area contributed by atoms with Crippen molar-refractivity contribution in [1.29, 1.82) is 5.26 Å². The lowest BCUT2D eigenvalue weighted by molar-refractivity contribution is -0.132. The first-order valence-corrected chi connectivity index (χ1v) is 6.02. The highest BCUT2D eigenvalue weighted by Crippen LogP contribution is 2.29. The number of rotatable bonds is 3. The van der Waals surface area contributed by atoms with Gasteiger partial charge in [-0.2, -0.15) is 5.26 Å². The normalized spacial score (nSPS) is 10.9. The largest absolute Gasteiger partial charge is 0.477 e. The molecule has 0 atom stereocenters. The molecule has 1 N–H and O–H groups in total. The smallest absolute Gasteiger partial charge is 0.346 e. The lowest BCUT2D eigenvalue weighted by Crippen LogP contribution is -1.96. The zero-order valence-electron chi connectivity index (χ0n) is 9.33. The Morgan fingerprint density at radius 2 is 1.94 bits per heavy atom. The quantitative estimate of drug-likeness (QED) is 0.675. The SMILES string of the molecule is N#C/C(=C/c1ccc(-c2ccccc2)s1)C(=O)O. The van der Waals surface area contributed by atoms with Crippen molar-refractivity contribution < 1.29 is 9.90 Å². The number of benzene rings is 1. The molecule has 1 heterocycles. The van der Waals surface area contributed by atoms with Crippen LogP contribution in [0.4, 0.5) is 0 Å². The van der Waals surface area contributed by atoms with Gasteiger partial charge in [0.2, 0.25) is 0 Å². The molecule has 0 aliphatic rings. The average Bonchev–Trinajstić information content (AvgIpc) is 2.85. The predicted octanol–water partition coefficient (Wildman–Crippen LogP) is 3.41. The molecule has 18 heavy (non-hydrogen) atoms. The zero-order valence-corrected chi connectivity index (χ0v) is 10.1. The number of nitrogens with zero attached hydrogens (tertiary/aromatic N) is 1. The minimum atomic E-state index is -1.20. The molecule has 0 fully saturated rings.